The molecule has 0 heterocycles. The minimum absolute atomic E-state index is 0.518. The molecule has 0 fully saturated rings. The molecular weight excluding hydrogens is 228 g/mol. The fourth-order valence-corrected chi connectivity index (χ4v) is 3.20. The molecule has 1 aromatic carbocycles. The first-order valence-electron chi connectivity index (χ1n) is 6.93. The largest absolute Gasteiger partial charge is 0.0732 e. The maximum atomic E-state index is 2.40. The van der Waals surface area contributed by atoms with Gasteiger partial charge in [0.05, 0.1) is 0 Å². The van der Waals surface area contributed by atoms with Crippen LogP contribution >= 0.6 is 0 Å². The van der Waals surface area contributed by atoms with Crippen molar-refractivity contribution in [3.05, 3.63) is 88.6 Å². The van der Waals surface area contributed by atoms with Gasteiger partial charge in [-0.1, -0.05) is 72.4 Å². The fourth-order valence-electron chi connectivity index (χ4n) is 3.20. The van der Waals surface area contributed by atoms with Crippen molar-refractivity contribution < 1.29 is 0 Å². The molecule has 0 nitrogen and oxygen atoms in total. The highest BCUT2D eigenvalue weighted by atomic mass is 14.2. The summed E-state index contributed by atoms with van der Waals surface area (Å²) in [5.74, 6) is 0.518. The van der Waals surface area contributed by atoms with Crippen LogP contribution in [0.5, 0.6) is 0 Å². The molecule has 0 aliphatic heterocycles. The van der Waals surface area contributed by atoms with Gasteiger partial charge >= 0.3 is 0 Å². The Morgan fingerprint density at radius 2 is 2.00 bits per heavy atom. The van der Waals surface area contributed by atoms with Gasteiger partial charge in [0.1, 0.15) is 0 Å². The summed E-state index contributed by atoms with van der Waals surface area (Å²) in [7, 11) is 0. The van der Waals surface area contributed by atoms with Crippen molar-refractivity contribution >= 4 is 6.08 Å². The topological polar surface area (TPSA) is 0 Å². The van der Waals surface area contributed by atoms with E-state index in [0.29, 0.717) is 5.92 Å². The van der Waals surface area contributed by atoms with Crippen molar-refractivity contribution in [2.45, 2.75) is 12.8 Å². The summed E-state index contributed by atoms with van der Waals surface area (Å²) >= 11 is 0. The predicted octanol–water partition coefficient (Wildman–Crippen LogP) is 4.62. The molecule has 0 saturated carbocycles. The van der Waals surface area contributed by atoms with E-state index in [1.165, 1.54) is 27.8 Å². The van der Waals surface area contributed by atoms with Crippen molar-refractivity contribution in [3.8, 4) is 0 Å². The summed E-state index contributed by atoms with van der Waals surface area (Å²) in [5.41, 5.74) is 7.32. The fraction of sp³-hybridized carbons (Fsp3) is 0.158. The van der Waals surface area contributed by atoms with Gasteiger partial charge < -0.3 is 0 Å². The molecule has 0 bridgehead atoms. The van der Waals surface area contributed by atoms with E-state index in [0.717, 1.165) is 12.8 Å². The van der Waals surface area contributed by atoms with Gasteiger partial charge in [-0.3, -0.25) is 0 Å². The summed E-state index contributed by atoms with van der Waals surface area (Å²) in [4.78, 5) is 0. The second-order valence-electron chi connectivity index (χ2n) is 5.51. The van der Waals surface area contributed by atoms with Gasteiger partial charge in [-0.15, -0.1) is 0 Å². The monoisotopic (exact) mass is 244 g/mol. The van der Waals surface area contributed by atoms with Gasteiger partial charge in [0.2, 0.25) is 0 Å². The molecule has 3 aliphatic carbocycles. The number of fused-ring (bicyclic) bond motifs is 2. The van der Waals surface area contributed by atoms with Crippen LogP contribution in [0, 0.1) is 5.92 Å². The zero-order valence-electron chi connectivity index (χ0n) is 10.8. The summed E-state index contributed by atoms with van der Waals surface area (Å²) in [6.45, 7) is 0. The molecule has 19 heavy (non-hydrogen) atoms. The van der Waals surface area contributed by atoms with Crippen LogP contribution in [0.3, 0.4) is 0 Å². The smallest absolute Gasteiger partial charge is 0.0207 e. The highest BCUT2D eigenvalue weighted by molar-refractivity contribution is 5.65. The maximum absolute atomic E-state index is 2.40. The minimum Gasteiger partial charge on any atom is -0.0732 e. The highest BCUT2D eigenvalue weighted by Crippen LogP contribution is 2.34. The zero-order valence-corrected chi connectivity index (χ0v) is 10.8. The lowest BCUT2D eigenvalue weighted by Gasteiger charge is -2.06. The second kappa shape index (κ2) is 4.24. The van der Waals surface area contributed by atoms with Crippen LogP contribution in [0.2, 0.25) is 0 Å². The summed E-state index contributed by atoms with van der Waals surface area (Å²) in [5, 5.41) is 0. The lowest BCUT2D eigenvalue weighted by atomic mass is 9.98. The Morgan fingerprint density at radius 1 is 1.05 bits per heavy atom. The van der Waals surface area contributed by atoms with Gasteiger partial charge in [0, 0.05) is 5.92 Å². The third-order valence-corrected chi connectivity index (χ3v) is 4.11. The predicted molar refractivity (Wildman–Crippen MR) is 80.7 cm³/mol. The molecule has 0 aromatic heterocycles. The molecule has 1 atom stereocenters. The number of rotatable bonds is 2. The van der Waals surface area contributed by atoms with Crippen LogP contribution in [0.1, 0.15) is 17.5 Å². The first-order valence-corrected chi connectivity index (χ1v) is 6.93. The molecule has 0 heteroatoms. The van der Waals surface area contributed by atoms with E-state index in [1.807, 2.05) is 0 Å². The first kappa shape index (κ1) is 10.8. The lowest BCUT2D eigenvalue weighted by Crippen LogP contribution is -1.92. The number of hydrogen-bond donors (Lipinski definition) is 0. The van der Waals surface area contributed by atoms with Gasteiger partial charge in [-0.2, -0.15) is 0 Å². The average Bonchev–Trinajstić information content (AvgIpc) is 3.00. The number of hydrogen-bond acceptors (Lipinski definition) is 0. The molecule has 1 unspecified atom stereocenters. The van der Waals surface area contributed by atoms with E-state index in [-0.39, 0.29) is 0 Å². The van der Waals surface area contributed by atoms with E-state index >= 15 is 0 Å². The van der Waals surface area contributed by atoms with Crippen molar-refractivity contribution in [1.82, 2.24) is 0 Å². The van der Waals surface area contributed by atoms with Crippen LogP contribution in [0.4, 0.5) is 0 Å². The average molecular weight is 244 g/mol. The Kier molecular flexibility index (Phi) is 2.41. The summed E-state index contributed by atoms with van der Waals surface area (Å²) in [6.07, 6.45) is 18.1. The molecule has 0 amide bonds. The third kappa shape index (κ3) is 1.94. The van der Waals surface area contributed by atoms with E-state index in [4.69, 9.17) is 0 Å². The lowest BCUT2D eigenvalue weighted by molar-refractivity contribution is 1.01. The zero-order chi connectivity index (χ0) is 12.7. The Bertz CT molecular complexity index is 678. The van der Waals surface area contributed by atoms with E-state index < -0.39 is 0 Å². The SMILES string of the molecule is C1=CC2=CC(CC3=Cc4ccccc4C3)=CC2C=C1. The van der Waals surface area contributed by atoms with Crippen molar-refractivity contribution in [3.63, 3.8) is 0 Å². The molecule has 0 spiro atoms. The Hall–Kier alpha value is -2.08. The summed E-state index contributed by atoms with van der Waals surface area (Å²) < 4.78 is 0. The normalized spacial score (nSPS) is 22.7. The standard InChI is InChI=1S/C19H16/c1-2-6-17-11-14(10-16(17)5-1)9-15-12-18-7-3-4-8-19(18)13-15/h1-8,10-12,16H,9,13H2. The molecule has 92 valence electrons. The van der Waals surface area contributed by atoms with Crippen LogP contribution in [-0.2, 0) is 6.42 Å². The van der Waals surface area contributed by atoms with Crippen molar-refractivity contribution in [2.75, 3.05) is 0 Å². The van der Waals surface area contributed by atoms with Crippen LogP contribution < -0.4 is 0 Å². The molecule has 0 N–H and O–H groups in total. The third-order valence-electron chi connectivity index (χ3n) is 4.11. The number of benzene rings is 1. The van der Waals surface area contributed by atoms with E-state index in [1.54, 1.807) is 0 Å². The van der Waals surface area contributed by atoms with Crippen molar-refractivity contribution in [2.24, 2.45) is 5.92 Å². The van der Waals surface area contributed by atoms with Crippen LogP contribution in [0.15, 0.2) is 77.4 Å². The van der Waals surface area contributed by atoms with Crippen LogP contribution in [-0.4, -0.2) is 0 Å². The number of allylic oxidation sites excluding steroid dienone is 9. The Labute approximate surface area is 114 Å². The van der Waals surface area contributed by atoms with Gasteiger partial charge in [-0.25, -0.2) is 0 Å². The quantitative estimate of drug-likeness (QED) is 0.711. The van der Waals surface area contributed by atoms with Gasteiger partial charge in [-0.05, 0) is 35.1 Å². The van der Waals surface area contributed by atoms with Gasteiger partial charge in [0.15, 0.2) is 0 Å². The van der Waals surface area contributed by atoms with E-state index in [9.17, 15) is 0 Å². The first-order chi connectivity index (χ1) is 9.38. The molecular formula is C19H16. The summed E-state index contributed by atoms with van der Waals surface area (Å²) in [6, 6.07) is 8.72. The highest BCUT2D eigenvalue weighted by Gasteiger charge is 2.18. The minimum atomic E-state index is 0.518. The molecule has 4 rings (SSSR count). The molecule has 0 saturated heterocycles. The second-order valence-corrected chi connectivity index (χ2v) is 5.51. The maximum Gasteiger partial charge on any atom is 0.0207 e. The Balaban J connectivity index is 1.55. The molecule has 3 aliphatic rings. The van der Waals surface area contributed by atoms with Gasteiger partial charge in [0.25, 0.3) is 0 Å². The van der Waals surface area contributed by atoms with Crippen LogP contribution in [0.25, 0.3) is 6.08 Å². The Morgan fingerprint density at radius 3 is 2.89 bits per heavy atom. The van der Waals surface area contributed by atoms with Crippen molar-refractivity contribution in [1.29, 1.82) is 0 Å². The molecule has 1 aromatic rings. The molecule has 0 radical (unpaired) electrons. The van der Waals surface area contributed by atoms with E-state index in [2.05, 4.69) is 66.8 Å².